The third kappa shape index (κ3) is 1.74. The van der Waals surface area contributed by atoms with E-state index in [1.54, 1.807) is 13.0 Å². The molecule has 0 unspecified atom stereocenters. The van der Waals surface area contributed by atoms with Crippen molar-refractivity contribution >= 4 is 17.3 Å². The van der Waals surface area contributed by atoms with Gasteiger partial charge in [0.05, 0.1) is 21.8 Å². The molecule has 0 saturated heterocycles. The van der Waals surface area contributed by atoms with E-state index in [0.29, 0.717) is 5.69 Å². The molecule has 0 spiro atoms. The summed E-state index contributed by atoms with van der Waals surface area (Å²) in [7, 11) is 0. The first-order valence-electron chi connectivity index (χ1n) is 4.42. The molecule has 2 rings (SSSR count). The number of benzene rings is 1. The molecular weight excluding hydrogens is 232 g/mol. The lowest BCUT2D eigenvalue weighted by molar-refractivity contribution is -0.384. The Bertz CT molecular complexity index is 552. The summed E-state index contributed by atoms with van der Waals surface area (Å²) in [4.78, 5) is 11.5. The summed E-state index contributed by atoms with van der Waals surface area (Å²) in [6.45, 7) is 1.74. The molecule has 0 aliphatic carbocycles. The van der Waals surface area contributed by atoms with Crippen LogP contribution >= 0.6 is 11.6 Å². The highest BCUT2D eigenvalue weighted by molar-refractivity contribution is 6.32. The number of aromatic nitrogens is 3. The summed E-state index contributed by atoms with van der Waals surface area (Å²) in [5.74, 6) is 0. The van der Waals surface area contributed by atoms with Crippen LogP contribution in [0, 0.1) is 17.0 Å². The fraction of sp³-hybridized carbons (Fsp3) is 0.111. The summed E-state index contributed by atoms with van der Waals surface area (Å²) in [6.07, 6.45) is 1.51. The Labute approximate surface area is 95.6 Å². The molecule has 0 aliphatic rings. The van der Waals surface area contributed by atoms with Crippen LogP contribution in [-0.2, 0) is 0 Å². The summed E-state index contributed by atoms with van der Waals surface area (Å²) < 4.78 is 0. The van der Waals surface area contributed by atoms with Crippen molar-refractivity contribution in [2.75, 3.05) is 0 Å². The second kappa shape index (κ2) is 3.90. The molecule has 1 heterocycles. The topological polar surface area (TPSA) is 73.8 Å². The van der Waals surface area contributed by atoms with Gasteiger partial charge < -0.3 is 0 Å². The number of aryl methyl sites for hydroxylation is 1. The monoisotopic (exact) mass is 238 g/mol. The molecule has 1 aromatic carbocycles. The van der Waals surface area contributed by atoms with Crippen molar-refractivity contribution in [3.05, 3.63) is 45.2 Å². The first-order chi connectivity index (χ1) is 7.59. The molecule has 0 fully saturated rings. The number of halogens is 1. The number of nitro benzene ring substituents is 1. The zero-order valence-electron chi connectivity index (χ0n) is 8.29. The Hall–Kier alpha value is -1.95. The Morgan fingerprint density at radius 2 is 2.25 bits per heavy atom. The van der Waals surface area contributed by atoms with Crippen LogP contribution in [0.15, 0.2) is 24.4 Å². The molecule has 0 bridgehead atoms. The standard InChI is InChI=1S/C9H7ClN4O2/c1-6-5-11-13(12-6)9-7(10)3-2-4-8(9)14(15)16/h2-5H,1H3. The van der Waals surface area contributed by atoms with Gasteiger partial charge in [-0.2, -0.15) is 10.2 Å². The average molecular weight is 239 g/mol. The normalized spacial score (nSPS) is 10.4. The van der Waals surface area contributed by atoms with Crippen molar-refractivity contribution in [2.45, 2.75) is 6.92 Å². The minimum Gasteiger partial charge on any atom is -0.258 e. The average Bonchev–Trinajstić information content (AvgIpc) is 2.64. The van der Waals surface area contributed by atoms with E-state index in [1.165, 1.54) is 18.3 Å². The van der Waals surface area contributed by atoms with Gasteiger partial charge in [-0.15, -0.1) is 4.80 Å². The maximum absolute atomic E-state index is 10.8. The first kappa shape index (κ1) is 10.6. The van der Waals surface area contributed by atoms with Gasteiger partial charge in [-0.3, -0.25) is 10.1 Å². The second-order valence-electron chi connectivity index (χ2n) is 3.14. The maximum atomic E-state index is 10.8. The second-order valence-corrected chi connectivity index (χ2v) is 3.55. The Balaban J connectivity index is 2.67. The van der Waals surface area contributed by atoms with Crippen LogP contribution in [-0.4, -0.2) is 19.9 Å². The highest BCUT2D eigenvalue weighted by Gasteiger charge is 2.19. The summed E-state index contributed by atoms with van der Waals surface area (Å²) in [5.41, 5.74) is 0.722. The third-order valence-electron chi connectivity index (χ3n) is 1.97. The van der Waals surface area contributed by atoms with Gasteiger partial charge in [0.25, 0.3) is 5.69 Å². The minimum atomic E-state index is -0.514. The number of para-hydroxylation sites is 1. The molecule has 0 saturated carbocycles. The van der Waals surface area contributed by atoms with Gasteiger partial charge in [-0.25, -0.2) is 0 Å². The SMILES string of the molecule is Cc1cnn(-c2c(Cl)cccc2[N+](=O)[O-])n1. The summed E-state index contributed by atoms with van der Waals surface area (Å²) in [5, 5.41) is 19.0. The van der Waals surface area contributed by atoms with Crippen molar-refractivity contribution in [3.8, 4) is 5.69 Å². The van der Waals surface area contributed by atoms with Crippen LogP contribution < -0.4 is 0 Å². The fourth-order valence-corrected chi connectivity index (χ4v) is 1.54. The van der Waals surface area contributed by atoms with Crippen LogP contribution in [0.2, 0.25) is 5.02 Å². The van der Waals surface area contributed by atoms with E-state index >= 15 is 0 Å². The van der Waals surface area contributed by atoms with Crippen LogP contribution in [0.4, 0.5) is 5.69 Å². The van der Waals surface area contributed by atoms with Gasteiger partial charge in [0.2, 0.25) is 0 Å². The van der Waals surface area contributed by atoms with E-state index < -0.39 is 4.92 Å². The van der Waals surface area contributed by atoms with Crippen molar-refractivity contribution in [2.24, 2.45) is 0 Å². The molecule has 0 aliphatic heterocycles. The molecule has 16 heavy (non-hydrogen) atoms. The Morgan fingerprint density at radius 3 is 2.81 bits per heavy atom. The highest BCUT2D eigenvalue weighted by Crippen LogP contribution is 2.28. The van der Waals surface area contributed by atoms with Crippen LogP contribution in [0.25, 0.3) is 5.69 Å². The summed E-state index contributed by atoms with van der Waals surface area (Å²) >= 11 is 5.91. The van der Waals surface area contributed by atoms with Crippen molar-refractivity contribution in [3.63, 3.8) is 0 Å². The zero-order chi connectivity index (χ0) is 11.7. The van der Waals surface area contributed by atoms with Crippen molar-refractivity contribution < 1.29 is 4.92 Å². The fourth-order valence-electron chi connectivity index (χ4n) is 1.30. The quantitative estimate of drug-likeness (QED) is 0.593. The highest BCUT2D eigenvalue weighted by atomic mass is 35.5. The minimum absolute atomic E-state index is 0.122. The van der Waals surface area contributed by atoms with Gasteiger partial charge in [0.15, 0.2) is 5.69 Å². The predicted octanol–water partition coefficient (Wildman–Crippen LogP) is 2.14. The van der Waals surface area contributed by atoms with E-state index in [2.05, 4.69) is 10.2 Å². The lowest BCUT2D eigenvalue weighted by Gasteiger charge is -2.03. The van der Waals surface area contributed by atoms with Crippen molar-refractivity contribution in [1.29, 1.82) is 0 Å². The van der Waals surface area contributed by atoms with Crippen LogP contribution in [0.1, 0.15) is 5.69 Å². The molecule has 7 heteroatoms. The molecule has 0 radical (unpaired) electrons. The van der Waals surface area contributed by atoms with Crippen LogP contribution in [0.5, 0.6) is 0 Å². The molecule has 2 aromatic rings. The number of rotatable bonds is 2. The van der Waals surface area contributed by atoms with E-state index in [9.17, 15) is 10.1 Å². The lowest BCUT2D eigenvalue weighted by Crippen LogP contribution is -2.04. The molecule has 0 N–H and O–H groups in total. The number of hydrogen-bond acceptors (Lipinski definition) is 4. The molecular formula is C9H7ClN4O2. The van der Waals surface area contributed by atoms with Crippen molar-refractivity contribution in [1.82, 2.24) is 15.0 Å². The molecule has 82 valence electrons. The van der Waals surface area contributed by atoms with Gasteiger partial charge in [0.1, 0.15) is 0 Å². The Morgan fingerprint density at radius 1 is 1.50 bits per heavy atom. The molecule has 1 aromatic heterocycles. The van der Waals surface area contributed by atoms with E-state index in [-0.39, 0.29) is 16.4 Å². The maximum Gasteiger partial charge on any atom is 0.298 e. The van der Waals surface area contributed by atoms with E-state index in [4.69, 9.17) is 11.6 Å². The number of nitro groups is 1. The molecule has 0 amide bonds. The largest absolute Gasteiger partial charge is 0.298 e. The zero-order valence-corrected chi connectivity index (χ0v) is 9.05. The first-order valence-corrected chi connectivity index (χ1v) is 4.79. The Kier molecular flexibility index (Phi) is 2.57. The van der Waals surface area contributed by atoms with Gasteiger partial charge in [-0.1, -0.05) is 17.7 Å². The van der Waals surface area contributed by atoms with E-state index in [0.717, 1.165) is 4.80 Å². The third-order valence-corrected chi connectivity index (χ3v) is 2.27. The van der Waals surface area contributed by atoms with Gasteiger partial charge in [-0.05, 0) is 13.0 Å². The smallest absolute Gasteiger partial charge is 0.258 e. The lowest BCUT2D eigenvalue weighted by atomic mass is 10.3. The molecule has 6 nitrogen and oxygen atoms in total. The van der Waals surface area contributed by atoms with Gasteiger partial charge >= 0.3 is 0 Å². The number of hydrogen-bond donors (Lipinski definition) is 0. The molecule has 0 atom stereocenters. The van der Waals surface area contributed by atoms with Gasteiger partial charge in [0, 0.05) is 6.07 Å². The van der Waals surface area contributed by atoms with E-state index in [1.807, 2.05) is 0 Å². The summed E-state index contributed by atoms with van der Waals surface area (Å²) in [6, 6.07) is 4.43. The van der Waals surface area contributed by atoms with Crippen LogP contribution in [0.3, 0.4) is 0 Å². The predicted molar refractivity (Wildman–Crippen MR) is 57.8 cm³/mol. The number of nitrogens with zero attached hydrogens (tertiary/aromatic N) is 4.